The van der Waals surface area contributed by atoms with E-state index in [0.29, 0.717) is 0 Å². The average Bonchev–Trinajstić information content (AvgIpc) is 1.99. The predicted molar refractivity (Wildman–Crippen MR) is 44.3 cm³/mol. The van der Waals surface area contributed by atoms with Crippen molar-refractivity contribution >= 4 is 35.3 Å². The molecule has 66 valence electrons. The van der Waals surface area contributed by atoms with Gasteiger partial charge in [-0.2, -0.15) is 8.42 Å². The van der Waals surface area contributed by atoms with E-state index < -0.39 is 21.6 Å². The van der Waals surface area contributed by atoms with E-state index in [1.165, 1.54) is 0 Å². The predicted octanol–water partition coefficient (Wildman–Crippen LogP) is -1.61. The third-order valence-corrected chi connectivity index (χ3v) is 2.00. The molecule has 5 nitrogen and oxygen atoms in total. The van der Waals surface area contributed by atoms with Gasteiger partial charge < -0.3 is 5.11 Å². The number of carbonyl (C=O) groups is 1. The van der Waals surface area contributed by atoms with Crippen LogP contribution in [0.2, 0.25) is 0 Å². The summed E-state index contributed by atoms with van der Waals surface area (Å²) in [5, 5.41) is 8.18. The van der Waals surface area contributed by atoms with E-state index >= 15 is 0 Å². The van der Waals surface area contributed by atoms with Crippen LogP contribution in [-0.4, -0.2) is 51.9 Å². The van der Waals surface area contributed by atoms with Crippen molar-refractivity contribution < 1.29 is 22.5 Å². The summed E-state index contributed by atoms with van der Waals surface area (Å²) in [6.07, 6.45) is 0.0761. The number of hydrogen-bond donors (Lipinski definition) is 1. The van der Waals surface area contributed by atoms with Crippen molar-refractivity contribution in [3.8, 4) is 0 Å². The molecule has 0 bridgehead atoms. The molecule has 0 fully saturated rings. The van der Waals surface area contributed by atoms with Crippen LogP contribution in [0.1, 0.15) is 0 Å². The summed E-state index contributed by atoms with van der Waals surface area (Å²) in [4.78, 5) is 9.25. The molecule has 1 N–H and O–H groups in total. The molecule has 0 aliphatic heterocycles. The second-order valence-electron chi connectivity index (χ2n) is 1.58. The van der Waals surface area contributed by atoms with Crippen molar-refractivity contribution in [2.45, 2.75) is 0 Å². The number of rotatable bonds is 5. The summed E-state index contributed by atoms with van der Waals surface area (Å²) >= 11 is 0. The SMILES string of the molecule is C=C(C=O)S(=O)(=O)OCCO.[LiH]. The third-order valence-electron chi connectivity index (χ3n) is 0.782. The van der Waals surface area contributed by atoms with Crippen molar-refractivity contribution in [2.24, 2.45) is 0 Å². The van der Waals surface area contributed by atoms with Crippen LogP contribution >= 0.6 is 0 Å². The van der Waals surface area contributed by atoms with Crippen LogP contribution < -0.4 is 0 Å². The minimum atomic E-state index is -3.99. The molecule has 0 heterocycles. The van der Waals surface area contributed by atoms with E-state index in [1.807, 2.05) is 0 Å². The molecule has 0 aromatic heterocycles. The van der Waals surface area contributed by atoms with Gasteiger partial charge in [0.15, 0.2) is 6.29 Å². The normalized spacial score (nSPS) is 10.1. The molecular weight excluding hydrogens is 179 g/mol. The van der Waals surface area contributed by atoms with E-state index in [-0.39, 0.29) is 31.8 Å². The van der Waals surface area contributed by atoms with Crippen LogP contribution in [-0.2, 0) is 19.1 Å². The van der Waals surface area contributed by atoms with Gasteiger partial charge in [0.2, 0.25) is 0 Å². The average molecular weight is 188 g/mol. The first kappa shape index (κ1) is 14.4. The van der Waals surface area contributed by atoms with Crippen molar-refractivity contribution in [3.05, 3.63) is 11.5 Å². The molecule has 0 aliphatic rings. The van der Waals surface area contributed by atoms with E-state index in [0.717, 1.165) is 0 Å². The van der Waals surface area contributed by atoms with Gasteiger partial charge >= 0.3 is 18.9 Å². The maximum atomic E-state index is 10.7. The number of allylic oxidation sites excluding steroid dienone is 1. The molecule has 0 saturated heterocycles. The summed E-state index contributed by atoms with van der Waals surface area (Å²) in [5.41, 5.74) is 0. The fraction of sp³-hybridized carbons (Fsp3) is 0.400. The van der Waals surface area contributed by atoms with Crippen LogP contribution in [0.25, 0.3) is 0 Å². The zero-order valence-electron chi connectivity index (χ0n) is 5.69. The summed E-state index contributed by atoms with van der Waals surface area (Å²) in [6.45, 7) is 2.14. The number of aliphatic hydroxyl groups is 1. The van der Waals surface area contributed by atoms with E-state index in [2.05, 4.69) is 10.8 Å². The number of carbonyl (C=O) groups excluding carboxylic acids is 1. The second-order valence-corrected chi connectivity index (χ2v) is 3.25. The molecule has 0 unspecified atom stereocenters. The van der Waals surface area contributed by atoms with Gasteiger partial charge in [-0.05, 0) is 0 Å². The van der Waals surface area contributed by atoms with Gasteiger partial charge in [0.05, 0.1) is 13.2 Å². The Labute approximate surface area is 82.7 Å². The summed E-state index contributed by atoms with van der Waals surface area (Å²) in [6, 6.07) is 0. The molecule has 0 aliphatic carbocycles. The zero-order chi connectivity index (χ0) is 8.91. The molecule has 0 spiro atoms. The fourth-order valence-electron chi connectivity index (χ4n) is 0.282. The van der Waals surface area contributed by atoms with Gasteiger partial charge in [0.25, 0.3) is 10.1 Å². The quantitative estimate of drug-likeness (QED) is 0.243. The fourth-order valence-corrected chi connectivity index (χ4v) is 0.845. The number of aldehydes is 1. The Hall–Kier alpha value is -0.123. The van der Waals surface area contributed by atoms with E-state index in [4.69, 9.17) is 5.11 Å². The Kier molecular flexibility index (Phi) is 7.68. The van der Waals surface area contributed by atoms with Gasteiger partial charge in [-0.15, -0.1) is 0 Å². The first-order valence-electron chi connectivity index (χ1n) is 2.69. The third kappa shape index (κ3) is 4.69. The molecule has 0 aromatic carbocycles. The van der Waals surface area contributed by atoms with Crippen LogP contribution in [0, 0.1) is 0 Å². The summed E-state index contributed by atoms with van der Waals surface area (Å²) in [7, 11) is -3.99. The van der Waals surface area contributed by atoms with Gasteiger partial charge in [-0.3, -0.25) is 8.98 Å². The van der Waals surface area contributed by atoms with Crippen molar-refractivity contribution in [1.29, 1.82) is 0 Å². The zero-order valence-corrected chi connectivity index (χ0v) is 6.50. The molecule has 0 aromatic rings. The molecule has 0 radical (unpaired) electrons. The standard InChI is InChI=1S/C5H8O5S.Li.H/c1-5(4-7)11(8,9)10-3-2-6;;/h4,6H,1-3H2;;. The minimum absolute atomic E-state index is 0. The Bertz CT molecular complexity index is 245. The summed E-state index contributed by atoms with van der Waals surface area (Å²) in [5.74, 6) is 0. The first-order chi connectivity index (χ1) is 5.04. The Morgan fingerprint density at radius 3 is 2.42 bits per heavy atom. The molecule has 0 amide bonds. The number of hydrogen-bond acceptors (Lipinski definition) is 5. The Morgan fingerprint density at radius 1 is 1.58 bits per heavy atom. The summed E-state index contributed by atoms with van der Waals surface area (Å²) < 4.78 is 25.4. The van der Waals surface area contributed by atoms with Crippen LogP contribution in [0.15, 0.2) is 11.5 Å². The molecule has 0 saturated carbocycles. The van der Waals surface area contributed by atoms with Gasteiger partial charge in [-0.25, -0.2) is 0 Å². The van der Waals surface area contributed by atoms with Crippen molar-refractivity contribution in [1.82, 2.24) is 0 Å². The maximum absolute atomic E-state index is 10.7. The van der Waals surface area contributed by atoms with Gasteiger partial charge in [0.1, 0.15) is 4.91 Å². The molecule has 0 rings (SSSR count). The van der Waals surface area contributed by atoms with Gasteiger partial charge in [-0.1, -0.05) is 6.58 Å². The first-order valence-corrected chi connectivity index (χ1v) is 4.10. The number of aliphatic hydroxyl groups excluding tert-OH is 1. The Balaban J connectivity index is 0. The van der Waals surface area contributed by atoms with Crippen LogP contribution in [0.5, 0.6) is 0 Å². The van der Waals surface area contributed by atoms with Crippen LogP contribution in [0.3, 0.4) is 0 Å². The Morgan fingerprint density at radius 2 is 2.08 bits per heavy atom. The molecular formula is C5H9LiO5S. The molecule has 12 heavy (non-hydrogen) atoms. The van der Waals surface area contributed by atoms with Crippen molar-refractivity contribution in [3.63, 3.8) is 0 Å². The molecule has 0 atom stereocenters. The van der Waals surface area contributed by atoms with Crippen LogP contribution in [0.4, 0.5) is 0 Å². The monoisotopic (exact) mass is 188 g/mol. The van der Waals surface area contributed by atoms with E-state index in [9.17, 15) is 13.2 Å². The van der Waals surface area contributed by atoms with Crippen molar-refractivity contribution in [2.75, 3.05) is 13.2 Å². The molecule has 7 heteroatoms. The van der Waals surface area contributed by atoms with Gasteiger partial charge in [0, 0.05) is 0 Å². The topological polar surface area (TPSA) is 80.7 Å². The van der Waals surface area contributed by atoms with E-state index in [1.54, 1.807) is 0 Å². The second kappa shape index (κ2) is 6.40.